The summed E-state index contributed by atoms with van der Waals surface area (Å²) in [5.74, 6) is -1.59. The fourth-order valence-electron chi connectivity index (χ4n) is 2.59. The Morgan fingerprint density at radius 1 is 1.33 bits per heavy atom. The maximum Gasteiger partial charge on any atom is 0.406 e. The van der Waals surface area contributed by atoms with Crippen molar-refractivity contribution in [2.45, 2.75) is 32.5 Å². The van der Waals surface area contributed by atoms with Gasteiger partial charge in [0.05, 0.1) is 5.69 Å². The Labute approximate surface area is 135 Å². The van der Waals surface area contributed by atoms with Gasteiger partial charge < -0.3 is 10.2 Å². The molecule has 1 atom stereocenters. The number of likely N-dealkylation sites (tertiary alicyclic amines) is 1. The van der Waals surface area contributed by atoms with Crippen LogP contribution in [0.25, 0.3) is 0 Å². The van der Waals surface area contributed by atoms with Gasteiger partial charge in [0, 0.05) is 13.6 Å². The number of hydrogen-bond donors (Lipinski definition) is 1. The van der Waals surface area contributed by atoms with Gasteiger partial charge >= 0.3 is 6.18 Å². The first-order chi connectivity index (χ1) is 11.0. The van der Waals surface area contributed by atoms with Gasteiger partial charge in [-0.3, -0.25) is 14.4 Å². The van der Waals surface area contributed by atoms with E-state index in [0.29, 0.717) is 16.2 Å². The largest absolute Gasteiger partial charge is 0.406 e. The third kappa shape index (κ3) is 3.57. The number of rotatable bonds is 3. The van der Waals surface area contributed by atoms with Crippen molar-refractivity contribution < 1.29 is 22.8 Å². The van der Waals surface area contributed by atoms with Crippen molar-refractivity contribution in [1.82, 2.24) is 20.0 Å². The summed E-state index contributed by atoms with van der Waals surface area (Å²) in [6.45, 7) is 1.71. The second kappa shape index (κ2) is 6.25. The highest BCUT2D eigenvalue weighted by Crippen LogP contribution is 2.21. The number of aryl methyl sites for hydroxylation is 2. The van der Waals surface area contributed by atoms with E-state index in [-0.39, 0.29) is 18.5 Å². The Kier molecular flexibility index (Phi) is 4.68. The zero-order chi connectivity index (χ0) is 18.2. The molecule has 7 nitrogen and oxygen atoms in total. The Balaban J connectivity index is 2.18. The Bertz CT molecular complexity index is 742. The molecule has 132 valence electrons. The normalized spacial score (nSPS) is 18.2. The average molecular weight is 346 g/mol. The molecule has 1 saturated heterocycles. The predicted octanol–water partition coefficient (Wildman–Crippen LogP) is 0.290. The van der Waals surface area contributed by atoms with Crippen molar-refractivity contribution in [3.63, 3.8) is 0 Å². The molecule has 0 saturated carbocycles. The maximum atomic E-state index is 12.4. The Hall–Kier alpha value is -2.39. The minimum Gasteiger partial charge on any atom is -0.340 e. The van der Waals surface area contributed by atoms with Gasteiger partial charge in [-0.25, -0.2) is 4.68 Å². The van der Waals surface area contributed by atoms with E-state index < -0.39 is 36.1 Å². The summed E-state index contributed by atoms with van der Waals surface area (Å²) >= 11 is 0. The van der Waals surface area contributed by atoms with Crippen molar-refractivity contribution in [3.8, 4) is 0 Å². The van der Waals surface area contributed by atoms with Crippen LogP contribution >= 0.6 is 0 Å². The minimum absolute atomic E-state index is 0.0596. The minimum atomic E-state index is -4.50. The molecule has 2 rings (SSSR count). The van der Waals surface area contributed by atoms with Crippen molar-refractivity contribution in [2.75, 3.05) is 13.1 Å². The summed E-state index contributed by atoms with van der Waals surface area (Å²) in [6, 6.07) is -1.07. The van der Waals surface area contributed by atoms with E-state index in [9.17, 15) is 27.6 Å². The molecule has 0 aromatic carbocycles. The number of amides is 2. The molecule has 24 heavy (non-hydrogen) atoms. The van der Waals surface area contributed by atoms with Crippen LogP contribution in [-0.4, -0.2) is 51.8 Å². The molecule has 1 aromatic rings. The van der Waals surface area contributed by atoms with Crippen LogP contribution in [0, 0.1) is 13.8 Å². The van der Waals surface area contributed by atoms with Gasteiger partial charge in [-0.2, -0.15) is 18.3 Å². The van der Waals surface area contributed by atoms with E-state index in [4.69, 9.17) is 0 Å². The monoisotopic (exact) mass is 346 g/mol. The van der Waals surface area contributed by atoms with Crippen LogP contribution in [0.4, 0.5) is 13.2 Å². The maximum absolute atomic E-state index is 12.4. The van der Waals surface area contributed by atoms with Crippen LogP contribution in [-0.2, 0) is 11.8 Å². The molecule has 0 radical (unpaired) electrons. The number of nitrogens with zero attached hydrogens (tertiary/aromatic N) is 3. The zero-order valence-electron chi connectivity index (χ0n) is 13.4. The van der Waals surface area contributed by atoms with E-state index in [0.717, 1.165) is 4.68 Å². The number of halogens is 3. The van der Waals surface area contributed by atoms with Gasteiger partial charge in [-0.1, -0.05) is 0 Å². The van der Waals surface area contributed by atoms with Crippen LogP contribution in [0.5, 0.6) is 0 Å². The zero-order valence-corrected chi connectivity index (χ0v) is 13.4. The van der Waals surface area contributed by atoms with Gasteiger partial charge in [-0.05, 0) is 25.8 Å². The van der Waals surface area contributed by atoms with Gasteiger partial charge in [0.1, 0.15) is 18.2 Å². The van der Waals surface area contributed by atoms with Crippen LogP contribution in [0.3, 0.4) is 0 Å². The Morgan fingerprint density at radius 2 is 1.96 bits per heavy atom. The van der Waals surface area contributed by atoms with Crippen LogP contribution in [0.1, 0.15) is 28.0 Å². The quantitative estimate of drug-likeness (QED) is 0.853. The summed E-state index contributed by atoms with van der Waals surface area (Å²) in [6.07, 6.45) is -4.44. The van der Waals surface area contributed by atoms with Gasteiger partial charge in [0.15, 0.2) is 0 Å². The first kappa shape index (κ1) is 18.0. The second-order valence-electron chi connectivity index (χ2n) is 5.70. The summed E-state index contributed by atoms with van der Waals surface area (Å²) in [5.41, 5.74) is 0.0483. The molecule has 0 unspecified atom stereocenters. The SMILES string of the molecule is Cc1nn(C)c(=O)c(C(=O)N[C@@H]2CCN(CC(F)(F)F)C2=O)c1C. The molecular formula is C14H17F3N4O3. The summed E-state index contributed by atoms with van der Waals surface area (Å²) in [5, 5.41) is 6.30. The molecule has 2 heterocycles. The van der Waals surface area contributed by atoms with E-state index >= 15 is 0 Å². The molecule has 1 aliphatic heterocycles. The smallest absolute Gasteiger partial charge is 0.340 e. The van der Waals surface area contributed by atoms with E-state index in [2.05, 4.69) is 10.4 Å². The number of alkyl halides is 3. The van der Waals surface area contributed by atoms with Crippen LogP contribution in [0.2, 0.25) is 0 Å². The van der Waals surface area contributed by atoms with Crippen molar-refractivity contribution >= 4 is 11.8 Å². The van der Waals surface area contributed by atoms with Crippen LogP contribution in [0.15, 0.2) is 4.79 Å². The lowest BCUT2D eigenvalue weighted by molar-refractivity contribution is -0.157. The lowest BCUT2D eigenvalue weighted by atomic mass is 10.1. The first-order valence-corrected chi connectivity index (χ1v) is 7.22. The van der Waals surface area contributed by atoms with Crippen LogP contribution < -0.4 is 10.9 Å². The summed E-state index contributed by atoms with van der Waals surface area (Å²) < 4.78 is 38.2. The molecule has 10 heteroatoms. The fourth-order valence-corrected chi connectivity index (χ4v) is 2.59. The summed E-state index contributed by atoms with van der Waals surface area (Å²) in [7, 11) is 1.39. The van der Waals surface area contributed by atoms with Crippen molar-refractivity contribution in [1.29, 1.82) is 0 Å². The number of nitrogens with one attached hydrogen (secondary N) is 1. The molecule has 1 aliphatic rings. The molecule has 1 N–H and O–H groups in total. The molecule has 0 spiro atoms. The first-order valence-electron chi connectivity index (χ1n) is 7.22. The molecule has 0 aliphatic carbocycles. The lowest BCUT2D eigenvalue weighted by Crippen LogP contribution is -2.45. The third-order valence-electron chi connectivity index (χ3n) is 3.93. The highest BCUT2D eigenvalue weighted by Gasteiger charge is 2.40. The highest BCUT2D eigenvalue weighted by atomic mass is 19.4. The van der Waals surface area contributed by atoms with Gasteiger partial charge in [0.2, 0.25) is 5.91 Å². The molecule has 1 fully saturated rings. The Morgan fingerprint density at radius 3 is 2.54 bits per heavy atom. The van der Waals surface area contributed by atoms with Crippen molar-refractivity contribution in [3.05, 3.63) is 27.2 Å². The molecule has 0 bridgehead atoms. The fraction of sp³-hybridized carbons (Fsp3) is 0.571. The van der Waals surface area contributed by atoms with Gasteiger partial charge in [-0.15, -0.1) is 0 Å². The molecular weight excluding hydrogens is 329 g/mol. The lowest BCUT2D eigenvalue weighted by Gasteiger charge is -2.19. The average Bonchev–Trinajstić information content (AvgIpc) is 2.77. The number of carbonyl (C=O) groups excluding carboxylic acids is 2. The number of carbonyl (C=O) groups is 2. The topological polar surface area (TPSA) is 84.3 Å². The predicted molar refractivity (Wildman–Crippen MR) is 77.5 cm³/mol. The molecule has 1 aromatic heterocycles. The third-order valence-corrected chi connectivity index (χ3v) is 3.93. The standard InChI is InChI=1S/C14H17F3N4O3/c1-7-8(2)19-20(3)13(24)10(7)11(22)18-9-4-5-21(12(9)23)6-14(15,16)17/h9H,4-6H2,1-3H3,(H,18,22)/t9-/m1/s1. The van der Waals surface area contributed by atoms with E-state index in [1.54, 1.807) is 13.8 Å². The molecule has 2 amide bonds. The second-order valence-corrected chi connectivity index (χ2v) is 5.70. The van der Waals surface area contributed by atoms with Gasteiger partial charge in [0.25, 0.3) is 11.5 Å². The van der Waals surface area contributed by atoms with E-state index in [1.807, 2.05) is 0 Å². The summed E-state index contributed by atoms with van der Waals surface area (Å²) in [4.78, 5) is 37.0. The number of hydrogen-bond acceptors (Lipinski definition) is 4. The van der Waals surface area contributed by atoms with E-state index in [1.165, 1.54) is 7.05 Å². The highest BCUT2D eigenvalue weighted by molar-refractivity contribution is 5.98. The number of aromatic nitrogens is 2. The van der Waals surface area contributed by atoms with Crippen molar-refractivity contribution in [2.24, 2.45) is 7.05 Å².